The second kappa shape index (κ2) is 5.78. The highest BCUT2D eigenvalue weighted by molar-refractivity contribution is 6.21. The van der Waals surface area contributed by atoms with Gasteiger partial charge in [0.05, 0.1) is 12.5 Å². The van der Waals surface area contributed by atoms with Crippen molar-refractivity contribution in [2.24, 2.45) is 5.92 Å². The minimum atomic E-state index is -0.471. The summed E-state index contributed by atoms with van der Waals surface area (Å²) in [7, 11) is 1.38. The fraction of sp³-hybridized carbons (Fsp3) is 0.500. The Morgan fingerprint density at radius 1 is 1.53 bits per heavy atom. The molecule has 0 saturated carbocycles. The first kappa shape index (κ1) is 14.1. The van der Waals surface area contributed by atoms with Gasteiger partial charge in [-0.1, -0.05) is 6.92 Å². The summed E-state index contributed by atoms with van der Waals surface area (Å²) in [4.78, 5) is 14.0. The van der Waals surface area contributed by atoms with Crippen molar-refractivity contribution >= 4 is 17.5 Å². The second-order valence-corrected chi connectivity index (χ2v) is 5.44. The lowest BCUT2D eigenvalue weighted by Gasteiger charge is -2.34. The van der Waals surface area contributed by atoms with Crippen LogP contribution in [0.25, 0.3) is 0 Å². The van der Waals surface area contributed by atoms with Crippen LogP contribution >= 0.6 is 11.6 Å². The van der Waals surface area contributed by atoms with Crippen LogP contribution in [0.4, 0.5) is 4.39 Å². The molecule has 1 heterocycles. The molecule has 2 unspecified atom stereocenters. The van der Waals surface area contributed by atoms with E-state index in [4.69, 9.17) is 16.3 Å². The monoisotopic (exact) mass is 285 g/mol. The number of alkyl halides is 1. The summed E-state index contributed by atoms with van der Waals surface area (Å²) in [6.07, 6.45) is 0.887. The van der Waals surface area contributed by atoms with E-state index in [1.165, 1.54) is 25.3 Å². The smallest absolute Gasteiger partial charge is 0.254 e. The van der Waals surface area contributed by atoms with Crippen LogP contribution in [-0.2, 0) is 0 Å². The molecule has 104 valence electrons. The number of hydrogen-bond acceptors (Lipinski definition) is 2. The number of nitrogens with zero attached hydrogens (tertiary/aromatic N) is 1. The maximum absolute atomic E-state index is 13.3. The molecule has 0 spiro atoms. The summed E-state index contributed by atoms with van der Waals surface area (Å²) in [5.41, 5.74) is 0.427. The third kappa shape index (κ3) is 3.00. The number of hydrogen-bond donors (Lipinski definition) is 0. The molecule has 1 aliphatic heterocycles. The highest BCUT2D eigenvalue weighted by Crippen LogP contribution is 2.24. The number of halogens is 2. The molecule has 19 heavy (non-hydrogen) atoms. The zero-order valence-electron chi connectivity index (χ0n) is 11.0. The van der Waals surface area contributed by atoms with Crippen LogP contribution in [0.5, 0.6) is 5.75 Å². The van der Waals surface area contributed by atoms with Gasteiger partial charge in [-0.3, -0.25) is 4.79 Å². The predicted molar refractivity (Wildman–Crippen MR) is 72.3 cm³/mol. The molecule has 2 atom stereocenters. The van der Waals surface area contributed by atoms with E-state index in [1.807, 2.05) is 0 Å². The van der Waals surface area contributed by atoms with Gasteiger partial charge in [-0.25, -0.2) is 4.39 Å². The maximum Gasteiger partial charge on any atom is 0.254 e. The number of amides is 1. The summed E-state index contributed by atoms with van der Waals surface area (Å²) in [6, 6.07) is 4.15. The van der Waals surface area contributed by atoms with Crippen LogP contribution in [0.15, 0.2) is 18.2 Å². The molecule has 0 aromatic heterocycles. The number of likely N-dealkylation sites (tertiary alicyclic amines) is 1. The Hall–Kier alpha value is -1.29. The van der Waals surface area contributed by atoms with Crippen molar-refractivity contribution in [1.29, 1.82) is 0 Å². The Morgan fingerprint density at radius 2 is 2.26 bits per heavy atom. The molecule has 1 aromatic carbocycles. The van der Waals surface area contributed by atoms with E-state index in [0.717, 1.165) is 6.42 Å². The topological polar surface area (TPSA) is 29.5 Å². The Labute approximate surface area is 117 Å². The predicted octanol–water partition coefficient (Wildman–Crippen LogP) is 2.92. The summed E-state index contributed by atoms with van der Waals surface area (Å²) < 4.78 is 18.2. The van der Waals surface area contributed by atoms with Gasteiger partial charge in [0, 0.05) is 18.7 Å². The summed E-state index contributed by atoms with van der Waals surface area (Å²) in [5.74, 6) is -0.107. The van der Waals surface area contributed by atoms with E-state index in [9.17, 15) is 9.18 Å². The SMILES string of the molecule is COc1cc(C(=O)N2CCC(C)C(Cl)C2)ccc1F. The molecule has 1 aromatic rings. The summed E-state index contributed by atoms with van der Waals surface area (Å²) in [5, 5.41) is -0.0277. The van der Waals surface area contributed by atoms with E-state index in [0.29, 0.717) is 24.6 Å². The molecule has 1 fully saturated rings. The van der Waals surface area contributed by atoms with E-state index in [-0.39, 0.29) is 17.0 Å². The molecule has 5 heteroatoms. The minimum absolute atomic E-state index is 0.0277. The number of benzene rings is 1. The van der Waals surface area contributed by atoms with Crippen molar-refractivity contribution in [2.75, 3.05) is 20.2 Å². The van der Waals surface area contributed by atoms with Crippen molar-refractivity contribution in [3.05, 3.63) is 29.6 Å². The fourth-order valence-corrected chi connectivity index (χ4v) is 2.47. The lowest BCUT2D eigenvalue weighted by Crippen LogP contribution is -2.43. The first-order chi connectivity index (χ1) is 9.02. The largest absolute Gasteiger partial charge is 0.494 e. The fourth-order valence-electron chi connectivity index (χ4n) is 2.18. The van der Waals surface area contributed by atoms with Crippen molar-refractivity contribution in [1.82, 2.24) is 4.90 Å². The number of piperidine rings is 1. The molecule has 3 nitrogen and oxygen atoms in total. The Kier molecular flexibility index (Phi) is 4.30. The van der Waals surface area contributed by atoms with Crippen molar-refractivity contribution < 1.29 is 13.9 Å². The van der Waals surface area contributed by atoms with Crippen LogP contribution in [0.3, 0.4) is 0 Å². The van der Waals surface area contributed by atoms with Gasteiger partial charge in [-0.2, -0.15) is 0 Å². The van der Waals surface area contributed by atoms with Crippen LogP contribution in [0.2, 0.25) is 0 Å². The average molecular weight is 286 g/mol. The molecule has 0 aliphatic carbocycles. The zero-order chi connectivity index (χ0) is 14.0. The summed E-state index contributed by atoms with van der Waals surface area (Å²) >= 11 is 6.20. The van der Waals surface area contributed by atoms with Crippen molar-refractivity contribution in [2.45, 2.75) is 18.7 Å². The zero-order valence-corrected chi connectivity index (χ0v) is 11.8. The van der Waals surface area contributed by atoms with Gasteiger partial charge in [-0.15, -0.1) is 11.6 Å². The van der Waals surface area contributed by atoms with Gasteiger partial charge in [0.1, 0.15) is 0 Å². The Balaban J connectivity index is 2.15. The number of rotatable bonds is 2. The van der Waals surface area contributed by atoms with E-state index in [1.54, 1.807) is 4.90 Å². The first-order valence-electron chi connectivity index (χ1n) is 6.29. The van der Waals surface area contributed by atoms with Gasteiger partial charge < -0.3 is 9.64 Å². The standard InChI is InChI=1S/C14H17ClFNO2/c1-9-5-6-17(8-11(9)15)14(18)10-3-4-12(16)13(7-10)19-2/h3-4,7,9,11H,5-6,8H2,1-2H3. The molecule has 0 N–H and O–H groups in total. The third-order valence-corrected chi connectivity index (χ3v) is 4.12. The Bertz CT molecular complexity index is 481. The van der Waals surface area contributed by atoms with Gasteiger partial charge in [-0.05, 0) is 30.5 Å². The third-order valence-electron chi connectivity index (χ3n) is 3.55. The molecular weight excluding hydrogens is 269 g/mol. The second-order valence-electron chi connectivity index (χ2n) is 4.88. The molecular formula is C14H17ClFNO2. The molecule has 0 bridgehead atoms. The average Bonchev–Trinajstić information content (AvgIpc) is 2.41. The quantitative estimate of drug-likeness (QED) is 0.782. The summed E-state index contributed by atoms with van der Waals surface area (Å²) in [6.45, 7) is 3.30. The van der Waals surface area contributed by atoms with E-state index in [2.05, 4.69) is 6.92 Å². The highest BCUT2D eigenvalue weighted by atomic mass is 35.5. The Morgan fingerprint density at radius 3 is 2.89 bits per heavy atom. The lowest BCUT2D eigenvalue weighted by molar-refractivity contribution is 0.0701. The molecule has 1 amide bonds. The first-order valence-corrected chi connectivity index (χ1v) is 6.73. The number of methoxy groups -OCH3 is 1. The van der Waals surface area contributed by atoms with Gasteiger partial charge >= 0.3 is 0 Å². The van der Waals surface area contributed by atoms with Crippen molar-refractivity contribution in [3.63, 3.8) is 0 Å². The normalized spacial score (nSPS) is 23.3. The number of ether oxygens (including phenoxy) is 1. The lowest BCUT2D eigenvalue weighted by atomic mass is 9.98. The van der Waals surface area contributed by atoms with Crippen LogP contribution in [0, 0.1) is 11.7 Å². The van der Waals surface area contributed by atoms with Gasteiger partial charge in [0.2, 0.25) is 0 Å². The minimum Gasteiger partial charge on any atom is -0.494 e. The molecule has 2 rings (SSSR count). The molecule has 1 saturated heterocycles. The van der Waals surface area contributed by atoms with Gasteiger partial charge in [0.15, 0.2) is 11.6 Å². The van der Waals surface area contributed by atoms with Crippen LogP contribution in [0.1, 0.15) is 23.7 Å². The van der Waals surface area contributed by atoms with Crippen LogP contribution in [-0.4, -0.2) is 36.4 Å². The number of carbonyl (C=O) groups is 1. The highest BCUT2D eigenvalue weighted by Gasteiger charge is 2.28. The van der Waals surface area contributed by atoms with E-state index >= 15 is 0 Å². The molecule has 0 radical (unpaired) electrons. The van der Waals surface area contributed by atoms with Gasteiger partial charge in [0.25, 0.3) is 5.91 Å². The van der Waals surface area contributed by atoms with Crippen molar-refractivity contribution in [3.8, 4) is 5.75 Å². The number of carbonyl (C=O) groups excluding carboxylic acids is 1. The molecule has 1 aliphatic rings. The van der Waals surface area contributed by atoms with Crippen LogP contribution < -0.4 is 4.74 Å². The van der Waals surface area contributed by atoms with E-state index < -0.39 is 5.82 Å². The maximum atomic E-state index is 13.3.